The normalized spacial score (nSPS) is 9.95. The fourth-order valence-electron chi connectivity index (χ4n) is 1.64. The summed E-state index contributed by atoms with van der Waals surface area (Å²) >= 11 is 5.98. The van der Waals surface area contributed by atoms with E-state index >= 15 is 0 Å². The Balaban J connectivity index is 2.13. The van der Waals surface area contributed by atoms with E-state index in [4.69, 9.17) is 26.7 Å². The molecular weight excluding hydrogens is 297 g/mol. The van der Waals surface area contributed by atoms with Crippen molar-refractivity contribution in [2.24, 2.45) is 0 Å². The van der Waals surface area contributed by atoms with E-state index in [9.17, 15) is 9.18 Å². The number of aromatic carboxylic acids is 1. The second-order valence-corrected chi connectivity index (χ2v) is 4.56. The van der Waals surface area contributed by atoms with Crippen LogP contribution in [-0.4, -0.2) is 11.1 Å². The third-order valence-electron chi connectivity index (χ3n) is 2.74. The molecule has 0 atom stereocenters. The molecule has 0 saturated heterocycles. The molecule has 0 aliphatic heterocycles. The molecule has 0 aromatic heterocycles. The molecule has 0 aliphatic carbocycles. The molecule has 0 bridgehead atoms. The smallest absolute Gasteiger partial charge is 0.335 e. The van der Waals surface area contributed by atoms with Crippen LogP contribution in [0.25, 0.3) is 0 Å². The highest BCUT2D eigenvalue weighted by Crippen LogP contribution is 2.23. The van der Waals surface area contributed by atoms with Gasteiger partial charge in [-0.1, -0.05) is 17.7 Å². The van der Waals surface area contributed by atoms with E-state index in [0.29, 0.717) is 16.1 Å². The molecular formula is C15H9ClFNO3. The van der Waals surface area contributed by atoms with Gasteiger partial charge >= 0.3 is 5.97 Å². The van der Waals surface area contributed by atoms with Crippen molar-refractivity contribution in [2.45, 2.75) is 6.61 Å². The van der Waals surface area contributed by atoms with Crippen LogP contribution in [0, 0.1) is 17.1 Å². The first kappa shape index (κ1) is 14.8. The van der Waals surface area contributed by atoms with Crippen LogP contribution in [0.15, 0.2) is 36.4 Å². The second kappa shape index (κ2) is 6.25. The number of carbonyl (C=O) groups is 1. The largest absolute Gasteiger partial charge is 0.486 e. The summed E-state index contributed by atoms with van der Waals surface area (Å²) in [4.78, 5) is 10.7. The van der Waals surface area contributed by atoms with Crippen molar-refractivity contribution >= 4 is 17.6 Å². The van der Waals surface area contributed by atoms with Crippen LogP contribution in [0.5, 0.6) is 5.75 Å². The quantitative estimate of drug-likeness (QED) is 0.936. The van der Waals surface area contributed by atoms with Crippen molar-refractivity contribution in [3.63, 3.8) is 0 Å². The van der Waals surface area contributed by atoms with E-state index in [1.54, 1.807) is 12.1 Å². The molecule has 2 rings (SSSR count). The maximum Gasteiger partial charge on any atom is 0.335 e. The molecule has 0 heterocycles. The number of carboxylic acids is 1. The predicted molar refractivity (Wildman–Crippen MR) is 73.9 cm³/mol. The molecule has 0 fully saturated rings. The number of hydrogen-bond donors (Lipinski definition) is 1. The first-order valence-electron chi connectivity index (χ1n) is 5.85. The van der Waals surface area contributed by atoms with Gasteiger partial charge in [0.1, 0.15) is 6.61 Å². The lowest BCUT2D eigenvalue weighted by molar-refractivity contribution is 0.0696. The van der Waals surface area contributed by atoms with Gasteiger partial charge in [0.25, 0.3) is 0 Å². The molecule has 2 aromatic carbocycles. The molecule has 1 N–H and O–H groups in total. The van der Waals surface area contributed by atoms with E-state index in [2.05, 4.69) is 0 Å². The van der Waals surface area contributed by atoms with Gasteiger partial charge in [0.2, 0.25) is 0 Å². The number of ether oxygens (including phenoxy) is 1. The zero-order valence-corrected chi connectivity index (χ0v) is 11.4. The lowest BCUT2D eigenvalue weighted by atomic mass is 10.1. The van der Waals surface area contributed by atoms with E-state index in [1.165, 1.54) is 18.2 Å². The van der Waals surface area contributed by atoms with E-state index in [1.807, 2.05) is 6.07 Å². The van der Waals surface area contributed by atoms with Gasteiger partial charge in [-0.25, -0.2) is 9.18 Å². The van der Waals surface area contributed by atoms with Crippen molar-refractivity contribution < 1.29 is 19.0 Å². The Bertz CT molecular complexity index is 740. The van der Waals surface area contributed by atoms with Gasteiger partial charge in [0.05, 0.1) is 17.2 Å². The van der Waals surface area contributed by atoms with Gasteiger partial charge in [-0.05, 0) is 30.3 Å². The summed E-state index contributed by atoms with van der Waals surface area (Å²) in [6.45, 7) is 0.00782. The Hall–Kier alpha value is -2.58. The van der Waals surface area contributed by atoms with Crippen LogP contribution in [0.3, 0.4) is 0 Å². The minimum Gasteiger partial charge on any atom is -0.486 e. The fourth-order valence-corrected chi connectivity index (χ4v) is 1.88. The van der Waals surface area contributed by atoms with Crippen LogP contribution < -0.4 is 4.74 Å². The zero-order valence-electron chi connectivity index (χ0n) is 10.6. The van der Waals surface area contributed by atoms with Crippen molar-refractivity contribution in [3.8, 4) is 11.8 Å². The van der Waals surface area contributed by atoms with E-state index in [-0.39, 0.29) is 17.9 Å². The summed E-state index contributed by atoms with van der Waals surface area (Å²) in [6.07, 6.45) is 0. The van der Waals surface area contributed by atoms with Crippen LogP contribution in [0.4, 0.5) is 4.39 Å². The van der Waals surface area contributed by atoms with Crippen LogP contribution >= 0.6 is 11.6 Å². The molecule has 21 heavy (non-hydrogen) atoms. The average molecular weight is 306 g/mol. The summed E-state index contributed by atoms with van der Waals surface area (Å²) in [5, 5.41) is 17.8. The molecule has 0 radical (unpaired) electrons. The molecule has 0 spiro atoms. The summed E-state index contributed by atoms with van der Waals surface area (Å²) in [7, 11) is 0. The number of benzene rings is 2. The molecule has 2 aromatic rings. The molecule has 6 heteroatoms. The highest BCUT2D eigenvalue weighted by Gasteiger charge is 2.10. The number of halogens is 2. The SMILES string of the molecule is N#Cc1ccc(COc2ccc(C(=O)O)cc2F)c(Cl)c1. The summed E-state index contributed by atoms with van der Waals surface area (Å²) < 4.78 is 18.9. The Kier molecular flexibility index (Phi) is 4.41. The highest BCUT2D eigenvalue weighted by molar-refractivity contribution is 6.31. The molecule has 4 nitrogen and oxygen atoms in total. The monoisotopic (exact) mass is 305 g/mol. The Morgan fingerprint density at radius 2 is 2.10 bits per heavy atom. The topological polar surface area (TPSA) is 70.3 Å². The van der Waals surface area contributed by atoms with Gasteiger partial charge in [-0.2, -0.15) is 5.26 Å². The minimum atomic E-state index is -1.21. The molecule has 0 aliphatic rings. The Morgan fingerprint density at radius 3 is 2.67 bits per heavy atom. The number of nitrogens with zero attached hydrogens (tertiary/aromatic N) is 1. The van der Waals surface area contributed by atoms with Gasteiger partial charge < -0.3 is 9.84 Å². The maximum atomic E-state index is 13.7. The summed E-state index contributed by atoms with van der Waals surface area (Å²) in [5.74, 6) is -2.05. The number of carboxylic acid groups (broad SMARTS) is 1. The highest BCUT2D eigenvalue weighted by atomic mass is 35.5. The van der Waals surface area contributed by atoms with Crippen molar-refractivity contribution in [2.75, 3.05) is 0 Å². The third kappa shape index (κ3) is 3.50. The number of hydrogen-bond acceptors (Lipinski definition) is 3. The standard InChI is InChI=1S/C15H9ClFNO3/c16-12-5-9(7-18)1-2-11(12)8-21-14-4-3-10(15(19)20)6-13(14)17/h1-6H,8H2,(H,19,20). The summed E-state index contributed by atoms with van der Waals surface area (Å²) in [5.41, 5.74) is 0.856. The van der Waals surface area contributed by atoms with Crippen molar-refractivity contribution in [1.29, 1.82) is 5.26 Å². The molecule has 106 valence electrons. The van der Waals surface area contributed by atoms with Gasteiger partial charge in [-0.15, -0.1) is 0 Å². The van der Waals surface area contributed by atoms with Crippen molar-refractivity contribution in [3.05, 3.63) is 63.9 Å². The third-order valence-corrected chi connectivity index (χ3v) is 3.10. The van der Waals surface area contributed by atoms with Gasteiger partial charge in [0, 0.05) is 10.6 Å². The first-order valence-corrected chi connectivity index (χ1v) is 6.23. The van der Waals surface area contributed by atoms with Gasteiger partial charge in [0.15, 0.2) is 11.6 Å². The predicted octanol–water partition coefficient (Wildman–Crippen LogP) is 3.63. The number of nitriles is 1. The van der Waals surface area contributed by atoms with E-state index in [0.717, 1.165) is 6.07 Å². The van der Waals surface area contributed by atoms with Gasteiger partial charge in [-0.3, -0.25) is 0 Å². The zero-order chi connectivity index (χ0) is 15.4. The molecule has 0 amide bonds. The molecule has 0 unspecified atom stereocenters. The lowest BCUT2D eigenvalue weighted by Crippen LogP contribution is -2.01. The van der Waals surface area contributed by atoms with E-state index < -0.39 is 11.8 Å². The Labute approximate surface area is 125 Å². The summed E-state index contributed by atoms with van der Waals surface area (Å²) in [6, 6.07) is 10.0. The second-order valence-electron chi connectivity index (χ2n) is 4.16. The minimum absolute atomic E-state index is 0.00782. The van der Waals surface area contributed by atoms with Crippen molar-refractivity contribution in [1.82, 2.24) is 0 Å². The molecule has 0 saturated carbocycles. The fraction of sp³-hybridized carbons (Fsp3) is 0.0667. The average Bonchev–Trinajstić information content (AvgIpc) is 2.46. The first-order chi connectivity index (χ1) is 10.0. The Morgan fingerprint density at radius 1 is 1.33 bits per heavy atom. The number of rotatable bonds is 4. The lowest BCUT2D eigenvalue weighted by Gasteiger charge is -2.09. The van der Waals surface area contributed by atoms with Crippen LogP contribution in [0.2, 0.25) is 5.02 Å². The maximum absolute atomic E-state index is 13.7. The van der Waals surface area contributed by atoms with Crippen LogP contribution in [-0.2, 0) is 6.61 Å². The van der Waals surface area contributed by atoms with Crippen LogP contribution in [0.1, 0.15) is 21.5 Å².